The molecule has 0 aromatic heterocycles. The van der Waals surface area contributed by atoms with E-state index in [1.54, 1.807) is 0 Å². The minimum absolute atomic E-state index is 0.0620. The maximum Gasteiger partial charge on any atom is 0.310 e. The number of ketones is 1. The fraction of sp³-hybridized carbons (Fsp3) is 0.867. The van der Waals surface area contributed by atoms with Crippen molar-refractivity contribution in [1.82, 2.24) is 0 Å². The summed E-state index contributed by atoms with van der Waals surface area (Å²) >= 11 is 0. The Morgan fingerprint density at radius 2 is 1.58 bits per heavy atom. The summed E-state index contributed by atoms with van der Waals surface area (Å²) in [6, 6.07) is 0. The van der Waals surface area contributed by atoms with E-state index in [1.165, 1.54) is 12.0 Å². The van der Waals surface area contributed by atoms with E-state index in [0.717, 1.165) is 57.8 Å². The molecule has 0 aromatic rings. The molecule has 3 nitrogen and oxygen atoms in total. The quantitative estimate of drug-likeness (QED) is 0.419. The van der Waals surface area contributed by atoms with E-state index in [9.17, 15) is 14.7 Å². The normalized spacial score (nSPS) is 50.2. The first-order valence-corrected chi connectivity index (χ1v) is 13.6. The molecule has 3 heteroatoms. The predicted octanol–water partition coefficient (Wildman–Crippen LogP) is 7.44. The number of allylic oxidation sites excluding steroid dienone is 2. The van der Waals surface area contributed by atoms with Crippen LogP contribution in [0.3, 0.4) is 0 Å². The molecular formula is C30H46O3. The molecule has 0 aromatic carbocycles. The second-order valence-corrected chi connectivity index (χ2v) is 14.8. The molecule has 0 heterocycles. The van der Waals surface area contributed by atoms with Crippen LogP contribution < -0.4 is 0 Å². The molecule has 0 aliphatic heterocycles. The second kappa shape index (κ2) is 6.76. The van der Waals surface area contributed by atoms with E-state index < -0.39 is 11.4 Å². The molecule has 4 fully saturated rings. The van der Waals surface area contributed by atoms with Gasteiger partial charge in [0.05, 0.1) is 5.41 Å². The monoisotopic (exact) mass is 454 g/mol. The van der Waals surface area contributed by atoms with Gasteiger partial charge in [-0.1, -0.05) is 60.1 Å². The third kappa shape index (κ3) is 2.80. The summed E-state index contributed by atoms with van der Waals surface area (Å²) in [5.41, 5.74) is 1.33. The summed E-state index contributed by atoms with van der Waals surface area (Å²) in [6.45, 7) is 16.6. The number of fused-ring (bicyclic) bond motifs is 7. The van der Waals surface area contributed by atoms with Crippen LogP contribution in [0, 0.1) is 50.2 Å². The first-order valence-electron chi connectivity index (χ1n) is 13.6. The summed E-state index contributed by atoms with van der Waals surface area (Å²) in [6.07, 6.45) is 12.3. The van der Waals surface area contributed by atoms with Gasteiger partial charge >= 0.3 is 5.97 Å². The van der Waals surface area contributed by atoms with Gasteiger partial charge in [-0.3, -0.25) is 9.59 Å². The predicted molar refractivity (Wildman–Crippen MR) is 132 cm³/mol. The summed E-state index contributed by atoms with van der Waals surface area (Å²) in [5, 5.41) is 10.5. The van der Waals surface area contributed by atoms with Crippen molar-refractivity contribution in [3.8, 4) is 0 Å². The van der Waals surface area contributed by atoms with Crippen LogP contribution in [0.1, 0.15) is 113 Å². The van der Waals surface area contributed by atoms with E-state index in [-0.39, 0.29) is 33.0 Å². The Kier molecular flexibility index (Phi) is 4.83. The zero-order chi connectivity index (χ0) is 24.2. The van der Waals surface area contributed by atoms with Gasteiger partial charge in [-0.25, -0.2) is 0 Å². The molecule has 184 valence electrons. The van der Waals surface area contributed by atoms with Crippen molar-refractivity contribution in [2.75, 3.05) is 0 Å². The number of carbonyl (C=O) groups excluding carboxylic acids is 1. The molecule has 4 saturated carbocycles. The summed E-state index contributed by atoms with van der Waals surface area (Å²) < 4.78 is 0. The van der Waals surface area contributed by atoms with Gasteiger partial charge in [0.15, 0.2) is 0 Å². The molecule has 0 amide bonds. The van der Waals surface area contributed by atoms with Crippen molar-refractivity contribution in [3.63, 3.8) is 0 Å². The van der Waals surface area contributed by atoms with Crippen LogP contribution in [0.2, 0.25) is 0 Å². The van der Waals surface area contributed by atoms with E-state index in [1.807, 2.05) is 0 Å². The fourth-order valence-electron chi connectivity index (χ4n) is 10.4. The topological polar surface area (TPSA) is 54.4 Å². The van der Waals surface area contributed by atoms with Gasteiger partial charge in [0, 0.05) is 11.8 Å². The number of hydrogen-bond donors (Lipinski definition) is 1. The van der Waals surface area contributed by atoms with E-state index in [4.69, 9.17) is 0 Å². The number of carboxylic acid groups (broad SMARTS) is 1. The van der Waals surface area contributed by atoms with Gasteiger partial charge < -0.3 is 5.11 Å². The van der Waals surface area contributed by atoms with Gasteiger partial charge in [-0.05, 0) is 97.2 Å². The molecule has 0 radical (unpaired) electrons. The third-order valence-corrected chi connectivity index (χ3v) is 12.8. The maximum absolute atomic E-state index is 12.9. The zero-order valence-corrected chi connectivity index (χ0v) is 22.1. The molecule has 0 spiro atoms. The Hall–Kier alpha value is -1.12. The summed E-state index contributed by atoms with van der Waals surface area (Å²) in [4.78, 5) is 25.6. The Morgan fingerprint density at radius 1 is 0.909 bits per heavy atom. The highest BCUT2D eigenvalue weighted by atomic mass is 16.4. The molecule has 2 unspecified atom stereocenters. The average molecular weight is 455 g/mol. The Morgan fingerprint density at radius 3 is 2.24 bits per heavy atom. The number of rotatable bonds is 1. The van der Waals surface area contributed by atoms with Crippen molar-refractivity contribution in [1.29, 1.82) is 0 Å². The van der Waals surface area contributed by atoms with Gasteiger partial charge in [0.25, 0.3) is 0 Å². The van der Waals surface area contributed by atoms with Crippen LogP contribution in [0.15, 0.2) is 11.6 Å². The van der Waals surface area contributed by atoms with Gasteiger partial charge in [0.1, 0.15) is 5.78 Å². The summed E-state index contributed by atoms with van der Waals surface area (Å²) in [5.74, 6) is 1.10. The van der Waals surface area contributed by atoms with E-state index in [0.29, 0.717) is 17.6 Å². The van der Waals surface area contributed by atoms with Crippen LogP contribution in [-0.2, 0) is 9.59 Å². The second-order valence-electron chi connectivity index (χ2n) is 14.8. The lowest BCUT2D eigenvalue weighted by Crippen LogP contribution is -2.64. The highest BCUT2D eigenvalue weighted by Gasteiger charge is 2.69. The van der Waals surface area contributed by atoms with Crippen molar-refractivity contribution >= 4 is 11.8 Å². The lowest BCUT2D eigenvalue weighted by molar-refractivity contribution is -0.189. The zero-order valence-electron chi connectivity index (χ0n) is 22.1. The highest BCUT2D eigenvalue weighted by molar-refractivity contribution is 5.85. The van der Waals surface area contributed by atoms with Crippen molar-refractivity contribution in [3.05, 3.63) is 11.6 Å². The molecular weight excluding hydrogens is 408 g/mol. The standard InChI is InChI=1S/C30H46O3/c1-25(2)14-16-30(24(32)33)17-15-28(6)19(20(30)18-25)8-9-22-27(5)12-11-23(31)26(3,4)21(27)10-13-29(22,28)7/h8,20-22H,9-18H2,1-7H3,(H,32,33)/t20-,21?,22?,27-,28+,29+,30-/m0/s1. The van der Waals surface area contributed by atoms with Crippen LogP contribution in [0.5, 0.6) is 0 Å². The molecule has 1 N–H and O–H groups in total. The molecule has 0 bridgehead atoms. The highest BCUT2D eigenvalue weighted by Crippen LogP contribution is 2.75. The Bertz CT molecular complexity index is 927. The molecule has 5 rings (SSSR count). The van der Waals surface area contributed by atoms with E-state index >= 15 is 0 Å². The molecule has 5 aliphatic carbocycles. The number of carbonyl (C=O) groups is 2. The van der Waals surface area contributed by atoms with Crippen molar-refractivity contribution in [2.45, 2.75) is 113 Å². The van der Waals surface area contributed by atoms with Gasteiger partial charge in [0.2, 0.25) is 0 Å². The maximum atomic E-state index is 12.9. The number of hydrogen-bond acceptors (Lipinski definition) is 2. The van der Waals surface area contributed by atoms with Gasteiger partial charge in [-0.2, -0.15) is 0 Å². The van der Waals surface area contributed by atoms with Crippen molar-refractivity contribution < 1.29 is 14.7 Å². The number of carboxylic acids is 1. The number of Topliss-reactive ketones (excluding diaryl/α,β-unsaturated/α-hetero) is 1. The third-order valence-electron chi connectivity index (χ3n) is 12.8. The summed E-state index contributed by atoms with van der Waals surface area (Å²) in [7, 11) is 0. The van der Waals surface area contributed by atoms with Crippen LogP contribution in [0.4, 0.5) is 0 Å². The molecule has 33 heavy (non-hydrogen) atoms. The fourth-order valence-corrected chi connectivity index (χ4v) is 10.4. The lowest BCUT2D eigenvalue weighted by atomic mass is 9.33. The minimum Gasteiger partial charge on any atom is -0.481 e. The van der Waals surface area contributed by atoms with Crippen LogP contribution >= 0.6 is 0 Å². The SMILES string of the molecule is CC1(C)CC[C@]2(C(=O)O)CC[C@]3(C)C(=CCC4[C@@]5(C)CCC(=O)C(C)(C)C5CC[C@]43C)[C@@H]2C1. The largest absolute Gasteiger partial charge is 0.481 e. The van der Waals surface area contributed by atoms with Gasteiger partial charge in [-0.15, -0.1) is 0 Å². The molecule has 0 saturated heterocycles. The van der Waals surface area contributed by atoms with Crippen molar-refractivity contribution in [2.24, 2.45) is 50.2 Å². The smallest absolute Gasteiger partial charge is 0.310 e. The average Bonchev–Trinajstić information content (AvgIpc) is 2.71. The minimum atomic E-state index is -0.565. The molecule has 5 aliphatic rings. The first kappa shape index (κ1) is 23.6. The van der Waals surface area contributed by atoms with Crippen LogP contribution in [-0.4, -0.2) is 16.9 Å². The molecule has 7 atom stereocenters. The Labute approximate surface area is 201 Å². The first-order chi connectivity index (χ1) is 15.1. The van der Waals surface area contributed by atoms with E-state index in [2.05, 4.69) is 54.5 Å². The lowest BCUT2D eigenvalue weighted by Gasteiger charge is -2.70. The number of aliphatic carboxylic acids is 1. The Balaban J connectivity index is 1.60. The van der Waals surface area contributed by atoms with Crippen LogP contribution in [0.25, 0.3) is 0 Å².